The average Bonchev–Trinajstić information content (AvgIpc) is 3.17. The van der Waals surface area contributed by atoms with Crippen molar-refractivity contribution in [1.82, 2.24) is 14.7 Å². The van der Waals surface area contributed by atoms with Crippen molar-refractivity contribution < 1.29 is 24.6 Å². The fourth-order valence-electron chi connectivity index (χ4n) is 5.27. The van der Waals surface area contributed by atoms with Gasteiger partial charge in [0.2, 0.25) is 11.8 Å². The van der Waals surface area contributed by atoms with Crippen molar-refractivity contribution in [1.29, 1.82) is 0 Å². The molecule has 154 valence electrons. The van der Waals surface area contributed by atoms with Gasteiger partial charge < -0.3 is 20.0 Å². The number of fused-ring (bicyclic) bond motifs is 2. The number of carbonyl (C=O) groups excluding carboxylic acids is 2. The number of β-lactam (4-membered cyclic amide) rings is 1. The van der Waals surface area contributed by atoms with Crippen LogP contribution in [0.4, 0.5) is 0 Å². The lowest BCUT2D eigenvalue weighted by Gasteiger charge is -2.46. The Hall–Kier alpha value is -1.58. The Bertz CT molecular complexity index is 794. The van der Waals surface area contributed by atoms with Crippen LogP contribution >= 0.6 is 11.8 Å². The molecule has 0 aromatic rings. The molecule has 2 N–H and O–H groups in total. The number of likely N-dealkylation sites (N-methyl/N-ethyl adjacent to an activating group) is 1. The van der Waals surface area contributed by atoms with Crippen LogP contribution in [0.15, 0.2) is 10.6 Å². The molecule has 6 atom stereocenters. The molecule has 8 nitrogen and oxygen atoms in total. The number of carboxylic acid groups (broad SMARTS) is 1. The topological polar surface area (TPSA) is 101 Å². The Balaban J connectivity index is 1.58. The van der Waals surface area contributed by atoms with Gasteiger partial charge in [-0.05, 0) is 27.2 Å². The van der Waals surface area contributed by atoms with Crippen LogP contribution in [-0.4, -0.2) is 85.4 Å². The van der Waals surface area contributed by atoms with E-state index in [9.17, 15) is 24.6 Å². The predicted octanol–water partition coefficient (Wildman–Crippen LogP) is 0.524. The van der Waals surface area contributed by atoms with E-state index >= 15 is 0 Å². The summed E-state index contributed by atoms with van der Waals surface area (Å²) in [5.74, 6) is -2.01. The number of aliphatic carboxylic acids is 1. The van der Waals surface area contributed by atoms with E-state index in [0.29, 0.717) is 17.9 Å². The lowest BCUT2D eigenvalue weighted by Crippen LogP contribution is -2.63. The van der Waals surface area contributed by atoms with Crippen LogP contribution in [0.2, 0.25) is 0 Å². The highest BCUT2D eigenvalue weighted by Gasteiger charge is 2.61. The number of aliphatic hydroxyl groups is 1. The van der Waals surface area contributed by atoms with Crippen molar-refractivity contribution in [3.63, 3.8) is 0 Å². The minimum Gasteiger partial charge on any atom is -0.477 e. The van der Waals surface area contributed by atoms with E-state index in [1.807, 2.05) is 27.8 Å². The number of amides is 2. The van der Waals surface area contributed by atoms with Crippen LogP contribution in [0.5, 0.6) is 0 Å². The van der Waals surface area contributed by atoms with Gasteiger partial charge in [-0.2, -0.15) is 0 Å². The molecule has 9 heteroatoms. The minimum absolute atomic E-state index is 0.0548. The third-order valence-electron chi connectivity index (χ3n) is 7.01. The summed E-state index contributed by atoms with van der Waals surface area (Å²) in [4.78, 5) is 43.0. The highest BCUT2D eigenvalue weighted by molar-refractivity contribution is 8.03. The van der Waals surface area contributed by atoms with E-state index < -0.39 is 18.0 Å². The van der Waals surface area contributed by atoms with Crippen molar-refractivity contribution in [3.05, 3.63) is 10.6 Å². The first kappa shape index (κ1) is 19.7. The quantitative estimate of drug-likeness (QED) is 0.653. The van der Waals surface area contributed by atoms with Crippen LogP contribution in [-0.2, 0) is 14.4 Å². The van der Waals surface area contributed by atoms with Crippen LogP contribution in [0.3, 0.4) is 0 Å². The summed E-state index contributed by atoms with van der Waals surface area (Å²) in [5.41, 5.74) is -0.308. The summed E-state index contributed by atoms with van der Waals surface area (Å²) >= 11 is 1.49. The van der Waals surface area contributed by atoms with Gasteiger partial charge in [-0.25, -0.2) is 4.79 Å². The van der Waals surface area contributed by atoms with E-state index in [2.05, 4.69) is 4.90 Å². The SMILES string of the molecule is C[C@@H](O)[C@H]1C(=O)N2C(C(=O)O)=C(S[C@H]3C[C@H]4C(=O)N(C)C(C)(C)N4C3)[C@H](C)[C@H]12. The summed E-state index contributed by atoms with van der Waals surface area (Å²) in [6, 6.07) is -0.474. The van der Waals surface area contributed by atoms with Gasteiger partial charge in [0.25, 0.3) is 0 Å². The molecule has 28 heavy (non-hydrogen) atoms. The molecule has 4 aliphatic rings. The molecule has 0 aromatic carbocycles. The predicted molar refractivity (Wildman–Crippen MR) is 103 cm³/mol. The number of thioether (sulfide) groups is 1. The van der Waals surface area contributed by atoms with Gasteiger partial charge in [0.1, 0.15) is 5.70 Å². The molecule has 3 saturated heterocycles. The van der Waals surface area contributed by atoms with E-state index in [0.717, 1.165) is 0 Å². The first-order valence-electron chi connectivity index (χ1n) is 9.68. The summed E-state index contributed by atoms with van der Waals surface area (Å²) in [7, 11) is 1.82. The standard InChI is InChI=1S/C19H27N3O5S/c1-8-13-12(9(2)23)17(25)22(13)14(18(26)27)15(8)28-10-6-11-16(24)20(5)19(3,4)21(11)7-10/h8-13,23H,6-7H2,1-5H3,(H,26,27)/t8-,9-,10+,11+,12-,13-/m1/s1. The number of aliphatic hydroxyl groups excluding tert-OH is 1. The van der Waals surface area contributed by atoms with E-state index in [1.54, 1.807) is 11.8 Å². The summed E-state index contributed by atoms with van der Waals surface area (Å²) in [5, 5.41) is 19.8. The third kappa shape index (κ3) is 2.42. The number of nitrogens with zero attached hydrogens (tertiary/aromatic N) is 3. The first-order chi connectivity index (χ1) is 13.0. The maximum absolute atomic E-state index is 12.6. The van der Waals surface area contributed by atoms with Gasteiger partial charge in [-0.3, -0.25) is 14.5 Å². The molecule has 4 rings (SSSR count). The number of hydrogen-bond donors (Lipinski definition) is 2. The molecule has 0 aliphatic carbocycles. The van der Waals surface area contributed by atoms with Crippen molar-refractivity contribution in [3.8, 4) is 0 Å². The largest absolute Gasteiger partial charge is 0.477 e. The van der Waals surface area contributed by atoms with Gasteiger partial charge in [-0.1, -0.05) is 6.92 Å². The van der Waals surface area contributed by atoms with Crippen molar-refractivity contribution >= 4 is 29.5 Å². The van der Waals surface area contributed by atoms with Crippen LogP contribution < -0.4 is 0 Å². The van der Waals surface area contributed by atoms with Crippen molar-refractivity contribution in [2.75, 3.05) is 13.6 Å². The normalized spacial score (nSPS) is 38.0. The fraction of sp³-hybridized carbons (Fsp3) is 0.737. The fourth-order valence-corrected chi connectivity index (χ4v) is 6.79. The minimum atomic E-state index is -1.11. The van der Waals surface area contributed by atoms with Crippen LogP contribution in [0.25, 0.3) is 0 Å². The van der Waals surface area contributed by atoms with Crippen molar-refractivity contribution in [2.24, 2.45) is 11.8 Å². The summed E-state index contributed by atoms with van der Waals surface area (Å²) in [6.45, 7) is 8.25. The van der Waals surface area contributed by atoms with Gasteiger partial charge in [-0.15, -0.1) is 11.8 Å². The van der Waals surface area contributed by atoms with Gasteiger partial charge in [0.05, 0.1) is 29.8 Å². The second-order valence-corrected chi connectivity index (χ2v) is 10.1. The first-order valence-corrected chi connectivity index (χ1v) is 10.6. The smallest absolute Gasteiger partial charge is 0.353 e. The van der Waals surface area contributed by atoms with Crippen LogP contribution in [0, 0.1) is 11.8 Å². The zero-order valence-electron chi connectivity index (χ0n) is 16.7. The molecule has 0 spiro atoms. The number of rotatable bonds is 4. The summed E-state index contributed by atoms with van der Waals surface area (Å²) in [6.07, 6.45) is -0.139. The Kier molecular flexibility index (Phi) is 4.37. The van der Waals surface area contributed by atoms with Crippen LogP contribution in [0.1, 0.15) is 34.1 Å². The highest BCUT2D eigenvalue weighted by Crippen LogP contribution is 2.53. The molecule has 0 aromatic heterocycles. The molecule has 3 fully saturated rings. The Morgan fingerprint density at radius 2 is 1.93 bits per heavy atom. The molecule has 4 aliphatic heterocycles. The van der Waals surface area contributed by atoms with Gasteiger partial charge >= 0.3 is 5.97 Å². The van der Waals surface area contributed by atoms with E-state index in [4.69, 9.17) is 0 Å². The number of carbonyl (C=O) groups is 3. The molecule has 4 heterocycles. The Labute approximate surface area is 168 Å². The molecular weight excluding hydrogens is 382 g/mol. The monoisotopic (exact) mass is 409 g/mol. The van der Waals surface area contributed by atoms with Crippen molar-refractivity contribution in [2.45, 2.75) is 63.2 Å². The molecule has 0 saturated carbocycles. The maximum atomic E-state index is 12.6. The van der Waals surface area contributed by atoms with Gasteiger partial charge in [0, 0.05) is 29.7 Å². The van der Waals surface area contributed by atoms with Gasteiger partial charge in [0.15, 0.2) is 0 Å². The molecular formula is C19H27N3O5S. The number of carboxylic acids is 1. The highest BCUT2D eigenvalue weighted by atomic mass is 32.2. The molecule has 0 radical (unpaired) electrons. The second-order valence-electron chi connectivity index (χ2n) is 8.81. The average molecular weight is 410 g/mol. The third-order valence-corrected chi connectivity index (χ3v) is 8.50. The zero-order valence-corrected chi connectivity index (χ0v) is 17.6. The lowest BCUT2D eigenvalue weighted by molar-refractivity contribution is -0.163. The second kappa shape index (κ2) is 6.21. The Morgan fingerprint density at radius 3 is 2.46 bits per heavy atom. The van der Waals surface area contributed by atoms with E-state index in [-0.39, 0.29) is 46.4 Å². The lowest BCUT2D eigenvalue weighted by atomic mass is 9.79. The molecule has 2 amide bonds. The summed E-state index contributed by atoms with van der Waals surface area (Å²) < 4.78 is 0. The zero-order chi connectivity index (χ0) is 20.7. The molecule has 0 unspecified atom stereocenters. The Morgan fingerprint density at radius 1 is 1.29 bits per heavy atom. The molecule has 0 bridgehead atoms. The maximum Gasteiger partial charge on any atom is 0.353 e. The number of hydrogen-bond acceptors (Lipinski definition) is 6. The van der Waals surface area contributed by atoms with E-state index in [1.165, 1.54) is 16.7 Å².